The standard InChI is InChI=1S/C18H31NO2/c20-18(10-12-19-11-5-2-6-16(18)19)15-7-13-21-17(14-15)8-3-1-4-9-17/h15-16,20H,1-14H2. The van der Waals surface area contributed by atoms with Crippen LogP contribution in [-0.2, 0) is 4.74 Å². The first-order chi connectivity index (χ1) is 10.2. The lowest BCUT2D eigenvalue weighted by atomic mass is 9.68. The average molecular weight is 293 g/mol. The number of hydrogen-bond acceptors (Lipinski definition) is 3. The predicted octanol–water partition coefficient (Wildman–Crippen LogP) is 3.11. The van der Waals surface area contributed by atoms with E-state index in [4.69, 9.17) is 4.74 Å². The number of piperidine rings is 1. The Kier molecular flexibility index (Phi) is 3.79. The van der Waals surface area contributed by atoms with E-state index in [1.54, 1.807) is 0 Å². The second-order valence-electron chi connectivity index (χ2n) is 8.07. The van der Waals surface area contributed by atoms with Crippen molar-refractivity contribution in [2.24, 2.45) is 5.92 Å². The Morgan fingerprint density at radius 1 is 0.905 bits per heavy atom. The van der Waals surface area contributed by atoms with Crippen molar-refractivity contribution in [3.63, 3.8) is 0 Å². The van der Waals surface area contributed by atoms with Gasteiger partial charge >= 0.3 is 0 Å². The second kappa shape index (κ2) is 5.50. The molecule has 0 aromatic carbocycles. The Labute approximate surface area is 129 Å². The van der Waals surface area contributed by atoms with E-state index in [0.29, 0.717) is 12.0 Å². The van der Waals surface area contributed by atoms with Gasteiger partial charge in [-0.25, -0.2) is 0 Å². The van der Waals surface area contributed by atoms with Gasteiger partial charge in [0.15, 0.2) is 0 Å². The quantitative estimate of drug-likeness (QED) is 0.806. The van der Waals surface area contributed by atoms with E-state index in [-0.39, 0.29) is 5.60 Å². The number of rotatable bonds is 1. The molecule has 0 aromatic heterocycles. The molecule has 3 atom stereocenters. The first kappa shape index (κ1) is 14.5. The molecule has 1 spiro atoms. The summed E-state index contributed by atoms with van der Waals surface area (Å²) in [6.07, 6.45) is 13.5. The third-order valence-corrected chi connectivity index (χ3v) is 6.95. The maximum atomic E-state index is 11.5. The van der Waals surface area contributed by atoms with Crippen molar-refractivity contribution in [2.45, 2.75) is 87.9 Å². The number of ether oxygens (including phenoxy) is 1. The molecule has 1 N–H and O–H groups in total. The summed E-state index contributed by atoms with van der Waals surface area (Å²) in [5, 5.41) is 11.5. The fourth-order valence-electron chi connectivity index (χ4n) is 5.79. The van der Waals surface area contributed by atoms with Gasteiger partial charge in [0.25, 0.3) is 0 Å². The van der Waals surface area contributed by atoms with Gasteiger partial charge in [-0.3, -0.25) is 4.90 Å². The van der Waals surface area contributed by atoms with Crippen molar-refractivity contribution in [1.29, 1.82) is 0 Å². The fraction of sp³-hybridized carbons (Fsp3) is 1.00. The number of aliphatic hydroxyl groups is 1. The van der Waals surface area contributed by atoms with E-state index in [1.165, 1.54) is 57.9 Å². The van der Waals surface area contributed by atoms with E-state index in [9.17, 15) is 5.11 Å². The summed E-state index contributed by atoms with van der Waals surface area (Å²) in [5.74, 6) is 0.470. The molecule has 3 saturated heterocycles. The molecule has 1 saturated carbocycles. The van der Waals surface area contributed by atoms with Crippen molar-refractivity contribution >= 4 is 0 Å². The topological polar surface area (TPSA) is 32.7 Å². The summed E-state index contributed by atoms with van der Waals surface area (Å²) in [6, 6.07) is 0.440. The van der Waals surface area contributed by atoms with E-state index < -0.39 is 5.60 Å². The lowest BCUT2D eigenvalue weighted by molar-refractivity contribution is -0.163. The Bertz CT molecular complexity index is 374. The zero-order valence-electron chi connectivity index (χ0n) is 13.4. The molecule has 120 valence electrons. The van der Waals surface area contributed by atoms with Crippen molar-refractivity contribution in [3.05, 3.63) is 0 Å². The molecule has 4 aliphatic rings. The first-order valence-corrected chi connectivity index (χ1v) is 9.32. The molecule has 0 radical (unpaired) electrons. The van der Waals surface area contributed by atoms with Crippen molar-refractivity contribution in [1.82, 2.24) is 4.90 Å². The third-order valence-electron chi connectivity index (χ3n) is 6.95. The minimum atomic E-state index is -0.422. The van der Waals surface area contributed by atoms with Crippen molar-refractivity contribution in [2.75, 3.05) is 19.7 Å². The second-order valence-corrected chi connectivity index (χ2v) is 8.07. The molecule has 3 nitrogen and oxygen atoms in total. The summed E-state index contributed by atoms with van der Waals surface area (Å²) in [4.78, 5) is 2.58. The lowest BCUT2D eigenvalue weighted by Gasteiger charge is -2.50. The number of nitrogens with zero attached hydrogens (tertiary/aromatic N) is 1. The predicted molar refractivity (Wildman–Crippen MR) is 83.3 cm³/mol. The van der Waals surface area contributed by atoms with Gasteiger partial charge in [-0.05, 0) is 57.4 Å². The van der Waals surface area contributed by atoms with Gasteiger partial charge < -0.3 is 9.84 Å². The monoisotopic (exact) mass is 293 g/mol. The molecule has 3 aliphatic heterocycles. The van der Waals surface area contributed by atoms with E-state index in [0.717, 1.165) is 32.4 Å². The molecule has 3 heteroatoms. The Morgan fingerprint density at radius 2 is 1.76 bits per heavy atom. The molecule has 3 unspecified atom stereocenters. The van der Waals surface area contributed by atoms with Crippen LogP contribution in [0.4, 0.5) is 0 Å². The molecule has 4 fully saturated rings. The van der Waals surface area contributed by atoms with Gasteiger partial charge in [0.2, 0.25) is 0 Å². The summed E-state index contributed by atoms with van der Waals surface area (Å²) >= 11 is 0. The van der Waals surface area contributed by atoms with Crippen LogP contribution in [0.3, 0.4) is 0 Å². The maximum absolute atomic E-state index is 11.5. The average Bonchev–Trinajstić information content (AvgIpc) is 2.87. The molecule has 0 aromatic rings. The lowest BCUT2D eigenvalue weighted by Crippen LogP contribution is -2.55. The van der Waals surface area contributed by atoms with Crippen LogP contribution < -0.4 is 0 Å². The minimum absolute atomic E-state index is 0.124. The van der Waals surface area contributed by atoms with Crippen LogP contribution >= 0.6 is 0 Å². The molecule has 0 bridgehead atoms. The molecule has 4 rings (SSSR count). The number of hydrogen-bond donors (Lipinski definition) is 1. The zero-order chi connectivity index (χ0) is 14.3. The van der Waals surface area contributed by atoms with Gasteiger partial charge in [0, 0.05) is 19.2 Å². The molecule has 0 amide bonds. The van der Waals surface area contributed by atoms with Crippen LogP contribution in [0.25, 0.3) is 0 Å². The highest BCUT2D eigenvalue weighted by atomic mass is 16.5. The third kappa shape index (κ3) is 2.46. The summed E-state index contributed by atoms with van der Waals surface area (Å²) < 4.78 is 6.25. The molecule has 1 aliphatic carbocycles. The highest BCUT2D eigenvalue weighted by Gasteiger charge is 2.54. The van der Waals surface area contributed by atoms with Gasteiger partial charge in [-0.1, -0.05) is 25.7 Å². The highest BCUT2D eigenvalue weighted by molar-refractivity contribution is 5.07. The Hall–Kier alpha value is -0.120. The van der Waals surface area contributed by atoms with Gasteiger partial charge in [-0.15, -0.1) is 0 Å². The molecule has 3 heterocycles. The largest absolute Gasteiger partial charge is 0.388 e. The van der Waals surface area contributed by atoms with Crippen LogP contribution in [-0.4, -0.2) is 46.9 Å². The number of fused-ring (bicyclic) bond motifs is 1. The zero-order valence-corrected chi connectivity index (χ0v) is 13.4. The van der Waals surface area contributed by atoms with E-state index in [1.807, 2.05) is 0 Å². The normalized spacial score (nSPS) is 43.9. The highest BCUT2D eigenvalue weighted by Crippen LogP contribution is 2.49. The van der Waals surface area contributed by atoms with Crippen LogP contribution in [0, 0.1) is 5.92 Å². The Morgan fingerprint density at radius 3 is 2.62 bits per heavy atom. The van der Waals surface area contributed by atoms with Crippen molar-refractivity contribution < 1.29 is 9.84 Å². The fourth-order valence-corrected chi connectivity index (χ4v) is 5.79. The summed E-state index contributed by atoms with van der Waals surface area (Å²) in [6.45, 7) is 3.20. The first-order valence-electron chi connectivity index (χ1n) is 9.32. The maximum Gasteiger partial charge on any atom is 0.0844 e. The molecular weight excluding hydrogens is 262 g/mol. The van der Waals surface area contributed by atoms with Gasteiger partial charge in [-0.2, -0.15) is 0 Å². The SMILES string of the molecule is OC1(C2CCOC3(CCCCC3)C2)CCN2CCCCC21. The van der Waals surface area contributed by atoms with E-state index >= 15 is 0 Å². The smallest absolute Gasteiger partial charge is 0.0844 e. The van der Waals surface area contributed by atoms with E-state index in [2.05, 4.69) is 4.90 Å². The van der Waals surface area contributed by atoms with Crippen LogP contribution in [0.5, 0.6) is 0 Å². The Balaban J connectivity index is 1.52. The van der Waals surface area contributed by atoms with Gasteiger partial charge in [0.1, 0.15) is 0 Å². The van der Waals surface area contributed by atoms with Gasteiger partial charge in [0.05, 0.1) is 11.2 Å². The summed E-state index contributed by atoms with van der Waals surface area (Å²) in [7, 11) is 0. The van der Waals surface area contributed by atoms with Crippen molar-refractivity contribution in [3.8, 4) is 0 Å². The minimum Gasteiger partial charge on any atom is -0.388 e. The molecule has 21 heavy (non-hydrogen) atoms. The van der Waals surface area contributed by atoms with Crippen LogP contribution in [0.2, 0.25) is 0 Å². The summed E-state index contributed by atoms with van der Waals surface area (Å²) in [5.41, 5.74) is -0.298. The van der Waals surface area contributed by atoms with Crippen LogP contribution in [0.15, 0.2) is 0 Å². The molecular formula is C18H31NO2. The van der Waals surface area contributed by atoms with Crippen LogP contribution in [0.1, 0.15) is 70.6 Å².